The van der Waals surface area contributed by atoms with Crippen molar-refractivity contribution in [3.05, 3.63) is 132 Å². The molecule has 3 heterocycles. The maximum Gasteiger partial charge on any atom is 1.00 e. The fraction of sp³-hybridized carbons (Fsp3) is 0.263. The van der Waals surface area contributed by atoms with E-state index < -0.39 is 0 Å². The second-order valence-corrected chi connectivity index (χ2v) is 10.7. The Balaban J connectivity index is 0. The molecular weight excluding hydrogens is 882 g/mol. The predicted octanol–water partition coefficient (Wildman–Crippen LogP) is 4.80. The Bertz CT molecular complexity index is 1350. The van der Waals surface area contributed by atoms with Crippen molar-refractivity contribution in [3.63, 3.8) is 0 Å². The van der Waals surface area contributed by atoms with E-state index in [9.17, 15) is 0 Å². The molecule has 0 amide bonds. The van der Waals surface area contributed by atoms with Crippen molar-refractivity contribution in [2.45, 2.75) is 51.4 Å². The number of rotatable bonds is 4. The molecule has 3 aliphatic rings. The molecule has 13 heteroatoms. The molecular formula is C38H40Cl2Cu4N6O. The van der Waals surface area contributed by atoms with Gasteiger partial charge in [-0.15, -0.1) is 0 Å². The Morgan fingerprint density at radius 2 is 0.588 bits per heavy atom. The molecule has 3 aliphatic heterocycles. The standard InChI is InChI=1S/2C17H16N3.C4H8O.2ClH.4Cu/c2*1-3-8-14(9-4-1)18-16-12-7-13-17(20-16)19-15-10-5-2-6-11-15;1-2-4-5-3-1;;;;;;/h2*1-6,8-11H,7,12-13H2;1-4H2;2*1H;;;;/q2*-1;;;;4*+1/p-2. The first-order valence-corrected chi connectivity index (χ1v) is 15.8. The van der Waals surface area contributed by atoms with Crippen LogP contribution in [0.1, 0.15) is 51.4 Å². The van der Waals surface area contributed by atoms with Crippen molar-refractivity contribution in [1.29, 1.82) is 0 Å². The van der Waals surface area contributed by atoms with Crippen molar-refractivity contribution in [1.82, 2.24) is 0 Å². The normalized spacial score (nSPS) is 17.3. The molecule has 0 N–H and O–H groups in total. The van der Waals surface area contributed by atoms with Gasteiger partial charge in [-0.05, 0) is 97.5 Å². The van der Waals surface area contributed by atoms with Crippen LogP contribution in [0.3, 0.4) is 0 Å². The van der Waals surface area contributed by atoms with Crippen LogP contribution < -0.4 is 24.8 Å². The van der Waals surface area contributed by atoms with Crippen LogP contribution in [-0.4, -0.2) is 36.6 Å². The maximum absolute atomic E-state index is 4.94. The summed E-state index contributed by atoms with van der Waals surface area (Å²) in [5.41, 5.74) is 3.80. The van der Waals surface area contributed by atoms with E-state index in [4.69, 9.17) is 4.74 Å². The second kappa shape index (κ2) is 30.3. The number of piperidine rings is 2. The van der Waals surface area contributed by atoms with Crippen LogP contribution in [0.2, 0.25) is 0 Å². The summed E-state index contributed by atoms with van der Waals surface area (Å²) in [7, 11) is 0. The molecule has 0 spiro atoms. The summed E-state index contributed by atoms with van der Waals surface area (Å²) in [6, 6.07) is 39.8. The number of para-hydroxylation sites is 4. The smallest absolute Gasteiger partial charge is 1.00 e. The van der Waals surface area contributed by atoms with Crippen LogP contribution in [0.15, 0.2) is 141 Å². The monoisotopic (exact) mass is 918 g/mol. The zero-order valence-electron chi connectivity index (χ0n) is 27.7. The average Bonchev–Trinajstić information content (AvgIpc) is 3.68. The summed E-state index contributed by atoms with van der Waals surface area (Å²) in [5.74, 6) is 3.49. The van der Waals surface area contributed by atoms with Crippen molar-refractivity contribution >= 4 is 46.1 Å². The topological polar surface area (TPSA) is 86.9 Å². The van der Waals surface area contributed by atoms with Gasteiger partial charge in [-0.2, -0.15) is 0 Å². The number of amidine groups is 4. The number of benzene rings is 4. The third-order valence-corrected chi connectivity index (χ3v) is 7.00. The molecule has 3 fully saturated rings. The van der Waals surface area contributed by atoms with Crippen LogP contribution in [0.4, 0.5) is 22.7 Å². The van der Waals surface area contributed by atoms with Gasteiger partial charge < -0.3 is 60.2 Å². The molecule has 3 saturated heterocycles. The molecule has 0 radical (unpaired) electrons. The van der Waals surface area contributed by atoms with E-state index in [0.29, 0.717) is 0 Å². The van der Waals surface area contributed by atoms with Gasteiger partial charge in [0.15, 0.2) is 0 Å². The van der Waals surface area contributed by atoms with Crippen molar-refractivity contribution in [2.24, 2.45) is 20.0 Å². The SMILES string of the molecule is C1CCOC1.[Cl-].[Cl-].[Cu+].[Cu+].[Cu+].[Cu+].c1ccc(N=C2CCCC(=Nc3ccccc3)[N-]2)cc1.c1ccc(N=C2CCCC(=Nc3ccccc3)[N-]2)cc1. The van der Waals surface area contributed by atoms with E-state index in [1.54, 1.807) is 0 Å². The van der Waals surface area contributed by atoms with Gasteiger partial charge in [0.1, 0.15) is 0 Å². The first-order chi connectivity index (χ1) is 22.3. The Hall–Kier alpha value is -2.22. The zero-order valence-corrected chi connectivity index (χ0v) is 33.0. The molecule has 0 atom stereocenters. The molecule has 7 rings (SSSR count). The molecule has 0 bridgehead atoms. The van der Waals surface area contributed by atoms with Gasteiger partial charge in [0.2, 0.25) is 0 Å². The molecule has 0 unspecified atom stereocenters. The molecule has 0 saturated carbocycles. The minimum absolute atomic E-state index is 0. The van der Waals surface area contributed by atoms with Gasteiger partial charge >= 0.3 is 68.3 Å². The van der Waals surface area contributed by atoms with Gasteiger partial charge in [0, 0.05) is 13.2 Å². The molecule has 286 valence electrons. The summed E-state index contributed by atoms with van der Waals surface area (Å²) in [6.45, 7) is 2.00. The number of hydrogen-bond donors (Lipinski definition) is 0. The van der Waals surface area contributed by atoms with Gasteiger partial charge in [0.05, 0.1) is 0 Å². The van der Waals surface area contributed by atoms with Crippen LogP contribution in [-0.2, 0) is 73.0 Å². The predicted molar refractivity (Wildman–Crippen MR) is 189 cm³/mol. The number of halogens is 2. The second-order valence-electron chi connectivity index (χ2n) is 10.7. The van der Waals surface area contributed by atoms with Gasteiger partial charge in [-0.3, -0.25) is 0 Å². The molecule has 7 nitrogen and oxygen atoms in total. The van der Waals surface area contributed by atoms with Crippen molar-refractivity contribution < 1.29 is 97.8 Å². The molecule has 0 aliphatic carbocycles. The summed E-state index contributed by atoms with van der Waals surface area (Å²) in [6.07, 6.45) is 8.35. The van der Waals surface area contributed by atoms with Gasteiger partial charge in [-0.1, -0.05) is 121 Å². The Morgan fingerprint density at radius 3 is 0.784 bits per heavy atom. The number of nitrogens with zero attached hydrogens (tertiary/aromatic N) is 6. The summed E-state index contributed by atoms with van der Waals surface area (Å²) < 4.78 is 4.94. The van der Waals surface area contributed by atoms with Gasteiger partial charge in [0.25, 0.3) is 0 Å². The quantitative estimate of drug-likeness (QED) is 0.271. The van der Waals surface area contributed by atoms with Crippen LogP contribution >= 0.6 is 0 Å². The Kier molecular flexibility index (Phi) is 30.2. The first kappa shape index (κ1) is 50.9. The van der Waals surface area contributed by atoms with Gasteiger partial charge in [-0.25, -0.2) is 0 Å². The van der Waals surface area contributed by atoms with E-state index in [1.807, 2.05) is 121 Å². The van der Waals surface area contributed by atoms with E-state index in [2.05, 4.69) is 30.6 Å². The summed E-state index contributed by atoms with van der Waals surface area (Å²) in [5, 5.41) is 9.14. The Morgan fingerprint density at radius 1 is 0.353 bits per heavy atom. The third-order valence-electron chi connectivity index (χ3n) is 7.00. The fourth-order valence-electron chi connectivity index (χ4n) is 4.77. The largest absolute Gasteiger partial charge is 1.00 e. The van der Waals surface area contributed by atoms with E-state index in [0.717, 1.165) is 97.8 Å². The number of aliphatic imine (C=N–C) groups is 4. The van der Waals surface area contributed by atoms with Crippen LogP contribution in [0, 0.1) is 0 Å². The average molecular weight is 922 g/mol. The molecule has 4 aromatic carbocycles. The minimum atomic E-state index is 0. The van der Waals surface area contributed by atoms with Crippen molar-refractivity contribution in [2.75, 3.05) is 13.2 Å². The number of hydrogen-bond acceptors (Lipinski definition) is 5. The third kappa shape index (κ3) is 20.0. The Labute approximate surface area is 357 Å². The minimum Gasteiger partial charge on any atom is -1.00 e. The maximum atomic E-state index is 4.94. The number of ether oxygens (including phenoxy) is 1. The first-order valence-electron chi connectivity index (χ1n) is 15.8. The summed E-state index contributed by atoms with van der Waals surface area (Å²) in [4.78, 5) is 18.3. The van der Waals surface area contributed by atoms with E-state index in [1.165, 1.54) is 12.8 Å². The van der Waals surface area contributed by atoms with Crippen LogP contribution in [0.5, 0.6) is 0 Å². The van der Waals surface area contributed by atoms with E-state index >= 15 is 0 Å². The fourth-order valence-corrected chi connectivity index (χ4v) is 4.77. The summed E-state index contributed by atoms with van der Waals surface area (Å²) >= 11 is 0. The van der Waals surface area contributed by atoms with E-state index in [-0.39, 0.29) is 93.1 Å². The van der Waals surface area contributed by atoms with Crippen LogP contribution in [0.25, 0.3) is 10.6 Å². The zero-order chi connectivity index (χ0) is 30.8. The molecule has 4 aromatic rings. The van der Waals surface area contributed by atoms with Crippen molar-refractivity contribution in [3.8, 4) is 0 Å². The molecule has 0 aromatic heterocycles. The molecule has 51 heavy (non-hydrogen) atoms.